The number of allylic oxidation sites excluding steroid dienone is 4. The Morgan fingerprint density at radius 3 is 0.847 bits per heavy atom. The summed E-state index contributed by atoms with van der Waals surface area (Å²) in [6, 6.07) is -0.541. The number of aliphatic hydroxyl groups excluding tert-OH is 2. The Balaban J connectivity index is 3.36. The first-order valence-corrected chi connectivity index (χ1v) is 39.1. The quantitative estimate of drug-likeness (QED) is 0.0320. The summed E-state index contributed by atoms with van der Waals surface area (Å²) in [5.74, 6) is -0.0179. The van der Waals surface area contributed by atoms with Crippen molar-refractivity contribution in [2.24, 2.45) is 0 Å². The molecule has 0 saturated carbocycles. The molecule has 504 valence electrons. The molecule has 0 heterocycles. The Labute approximate surface area is 532 Å². The highest BCUT2D eigenvalue weighted by Gasteiger charge is 2.20. The van der Waals surface area contributed by atoms with E-state index in [-0.39, 0.29) is 18.5 Å². The summed E-state index contributed by atoms with van der Waals surface area (Å²) in [5.41, 5.74) is 0. The van der Waals surface area contributed by atoms with Crippen LogP contribution in [0.25, 0.3) is 0 Å². The second kappa shape index (κ2) is 74.8. The van der Waals surface area contributed by atoms with Crippen molar-refractivity contribution in [2.45, 2.75) is 456 Å². The van der Waals surface area contributed by atoms with Gasteiger partial charge in [0.2, 0.25) is 5.91 Å². The predicted molar refractivity (Wildman–Crippen MR) is 375 cm³/mol. The minimum absolute atomic E-state index is 0.00931. The Bertz CT molecular complexity index is 1330. The van der Waals surface area contributed by atoms with Gasteiger partial charge in [-0.2, -0.15) is 0 Å². The Morgan fingerprint density at radius 1 is 0.318 bits per heavy atom. The smallest absolute Gasteiger partial charge is 0.305 e. The molecule has 85 heavy (non-hydrogen) atoms. The molecule has 0 bridgehead atoms. The van der Waals surface area contributed by atoms with Crippen LogP contribution < -0.4 is 5.32 Å². The second-order valence-electron chi connectivity index (χ2n) is 27.0. The third-order valence-electron chi connectivity index (χ3n) is 18.5. The molecule has 1 amide bonds. The average molecular weight is 1200 g/mol. The molecule has 0 aliphatic carbocycles. The number of rotatable bonds is 74. The van der Waals surface area contributed by atoms with Crippen LogP contribution in [0.3, 0.4) is 0 Å². The van der Waals surface area contributed by atoms with Gasteiger partial charge in [0, 0.05) is 12.8 Å². The van der Waals surface area contributed by atoms with Crippen LogP contribution >= 0.6 is 0 Å². The Kier molecular flexibility index (Phi) is 73.3. The minimum Gasteiger partial charge on any atom is -0.466 e. The van der Waals surface area contributed by atoms with Crippen LogP contribution in [0.5, 0.6) is 0 Å². The number of hydrogen-bond donors (Lipinski definition) is 3. The van der Waals surface area contributed by atoms with Crippen molar-refractivity contribution in [3.8, 4) is 0 Å². The fourth-order valence-corrected chi connectivity index (χ4v) is 12.5. The highest BCUT2D eigenvalue weighted by Crippen LogP contribution is 2.20. The van der Waals surface area contributed by atoms with E-state index in [1.165, 1.54) is 366 Å². The van der Waals surface area contributed by atoms with Gasteiger partial charge in [-0.3, -0.25) is 9.59 Å². The number of aliphatic hydroxyl groups is 2. The molecule has 0 aliphatic rings. The molecule has 0 spiro atoms. The summed E-state index contributed by atoms with van der Waals surface area (Å²) in [5, 5.41) is 23.5. The van der Waals surface area contributed by atoms with Crippen LogP contribution in [0.15, 0.2) is 24.3 Å². The lowest BCUT2D eigenvalue weighted by Crippen LogP contribution is -2.45. The van der Waals surface area contributed by atoms with E-state index in [9.17, 15) is 19.8 Å². The molecule has 0 radical (unpaired) electrons. The maximum absolute atomic E-state index is 12.6. The SMILES string of the molecule is CCCCCC/C=C\CCCCCCCC(=O)OCCCCCCCCCCCCCC/C=C\CCCCCCCCCCCCCCCCCC(=O)NC(CO)C(O)CCCCCCCCCCCCCCCCCCCCCCCCCC. The first-order chi connectivity index (χ1) is 42.0. The number of nitrogens with one attached hydrogen (secondary N) is 1. The van der Waals surface area contributed by atoms with Crippen molar-refractivity contribution in [1.82, 2.24) is 5.32 Å². The van der Waals surface area contributed by atoms with Crippen LogP contribution in [-0.4, -0.2) is 47.4 Å². The molecule has 3 N–H and O–H groups in total. The minimum atomic E-state index is -0.664. The Morgan fingerprint density at radius 2 is 0.553 bits per heavy atom. The van der Waals surface area contributed by atoms with Crippen molar-refractivity contribution in [2.75, 3.05) is 13.2 Å². The van der Waals surface area contributed by atoms with Crippen molar-refractivity contribution < 1.29 is 24.5 Å². The Hall–Kier alpha value is -1.66. The summed E-state index contributed by atoms with van der Waals surface area (Å²) >= 11 is 0. The van der Waals surface area contributed by atoms with E-state index in [0.717, 1.165) is 44.9 Å². The van der Waals surface area contributed by atoms with Crippen LogP contribution in [-0.2, 0) is 14.3 Å². The number of carbonyl (C=O) groups is 2. The van der Waals surface area contributed by atoms with Gasteiger partial charge in [0.05, 0.1) is 25.4 Å². The van der Waals surface area contributed by atoms with Crippen LogP contribution in [0.2, 0.25) is 0 Å². The maximum Gasteiger partial charge on any atom is 0.305 e. The predicted octanol–water partition coefficient (Wildman–Crippen LogP) is 25.7. The number of ether oxygens (including phenoxy) is 1. The van der Waals surface area contributed by atoms with E-state index in [0.29, 0.717) is 25.9 Å². The summed E-state index contributed by atoms with van der Waals surface area (Å²) < 4.78 is 5.48. The number of amides is 1. The number of esters is 1. The highest BCUT2D eigenvalue weighted by molar-refractivity contribution is 5.76. The third-order valence-corrected chi connectivity index (χ3v) is 18.5. The van der Waals surface area contributed by atoms with Gasteiger partial charge in [0.15, 0.2) is 0 Å². The van der Waals surface area contributed by atoms with Gasteiger partial charge in [-0.25, -0.2) is 0 Å². The molecule has 2 atom stereocenters. The molecule has 0 saturated heterocycles. The fourth-order valence-electron chi connectivity index (χ4n) is 12.5. The average Bonchev–Trinajstić information content (AvgIpc) is 3.51. The lowest BCUT2D eigenvalue weighted by atomic mass is 10.0. The molecule has 0 fully saturated rings. The molecule has 0 aromatic carbocycles. The lowest BCUT2D eigenvalue weighted by Gasteiger charge is -2.22. The molecule has 6 heteroatoms. The zero-order chi connectivity index (χ0) is 61.3. The molecule has 0 rings (SSSR count). The molecule has 2 unspecified atom stereocenters. The van der Waals surface area contributed by atoms with E-state index in [4.69, 9.17) is 4.74 Å². The summed E-state index contributed by atoms with van der Waals surface area (Å²) in [7, 11) is 0. The maximum atomic E-state index is 12.6. The molecular formula is C79H153NO5. The fraction of sp³-hybridized carbons (Fsp3) is 0.924. The molecule has 0 aromatic heterocycles. The van der Waals surface area contributed by atoms with E-state index in [2.05, 4.69) is 43.5 Å². The first-order valence-electron chi connectivity index (χ1n) is 39.1. The van der Waals surface area contributed by atoms with Crippen molar-refractivity contribution in [1.29, 1.82) is 0 Å². The van der Waals surface area contributed by atoms with Crippen molar-refractivity contribution >= 4 is 11.9 Å². The van der Waals surface area contributed by atoms with Crippen LogP contribution in [0.4, 0.5) is 0 Å². The van der Waals surface area contributed by atoms with Gasteiger partial charge < -0.3 is 20.3 Å². The van der Waals surface area contributed by atoms with Gasteiger partial charge in [0.25, 0.3) is 0 Å². The van der Waals surface area contributed by atoms with Crippen LogP contribution in [0.1, 0.15) is 444 Å². The van der Waals surface area contributed by atoms with Crippen LogP contribution in [0, 0.1) is 0 Å². The monoisotopic (exact) mass is 1200 g/mol. The molecule has 0 aromatic rings. The molecule has 6 nitrogen and oxygen atoms in total. The largest absolute Gasteiger partial charge is 0.466 e. The van der Waals surface area contributed by atoms with Crippen molar-refractivity contribution in [3.05, 3.63) is 24.3 Å². The molecule has 0 aliphatic heterocycles. The van der Waals surface area contributed by atoms with Gasteiger partial charge in [-0.15, -0.1) is 0 Å². The first kappa shape index (κ1) is 83.3. The highest BCUT2D eigenvalue weighted by atomic mass is 16.5. The van der Waals surface area contributed by atoms with Gasteiger partial charge in [0.1, 0.15) is 0 Å². The van der Waals surface area contributed by atoms with E-state index < -0.39 is 12.1 Å². The number of carbonyl (C=O) groups excluding carboxylic acids is 2. The summed E-state index contributed by atoms with van der Waals surface area (Å²) in [4.78, 5) is 24.6. The van der Waals surface area contributed by atoms with E-state index in [1.54, 1.807) is 0 Å². The second-order valence-corrected chi connectivity index (χ2v) is 27.0. The lowest BCUT2D eigenvalue weighted by molar-refractivity contribution is -0.143. The van der Waals surface area contributed by atoms with E-state index >= 15 is 0 Å². The standard InChI is InChI=1S/C79H153NO5/c1-3-5-7-9-11-13-15-17-18-19-20-21-22-32-35-38-41-44-48-51-55-59-63-67-71-77(82)76(75-81)80-78(83)72-68-64-60-56-52-49-45-42-39-36-33-30-28-26-24-23-25-27-29-31-34-37-40-43-46-50-54-58-62-66-70-74-85-79(84)73-69-65-61-57-53-47-16-14-12-10-8-6-4-2/h14,16,25,27,76-77,81-82H,3-13,15,17-24,26,28-75H2,1-2H3,(H,80,83)/b16-14-,27-25-. The van der Waals surface area contributed by atoms with Crippen molar-refractivity contribution in [3.63, 3.8) is 0 Å². The normalized spacial score (nSPS) is 12.6. The molecular weight excluding hydrogens is 1040 g/mol. The summed E-state index contributed by atoms with van der Waals surface area (Å²) in [6.45, 7) is 4.98. The number of unbranched alkanes of at least 4 members (excludes halogenated alkanes) is 59. The van der Waals surface area contributed by atoms with E-state index in [1.807, 2.05) is 0 Å². The topological polar surface area (TPSA) is 95.9 Å². The zero-order valence-electron chi connectivity index (χ0n) is 57.9. The zero-order valence-corrected chi connectivity index (χ0v) is 57.9. The van der Waals surface area contributed by atoms with Gasteiger partial charge in [-0.1, -0.05) is 378 Å². The summed E-state index contributed by atoms with van der Waals surface area (Å²) in [6.07, 6.45) is 95.5. The number of hydrogen-bond acceptors (Lipinski definition) is 5. The van der Waals surface area contributed by atoms with Gasteiger partial charge >= 0.3 is 5.97 Å². The van der Waals surface area contributed by atoms with Gasteiger partial charge in [-0.05, 0) is 77.0 Å². The third kappa shape index (κ3) is 71.3.